The van der Waals surface area contributed by atoms with Gasteiger partial charge in [0.2, 0.25) is 0 Å². The molecule has 0 unspecified atom stereocenters. The molecule has 2 heterocycles. The van der Waals surface area contributed by atoms with Crippen molar-refractivity contribution < 1.29 is 0 Å². The van der Waals surface area contributed by atoms with Gasteiger partial charge in [0.15, 0.2) is 0 Å². The summed E-state index contributed by atoms with van der Waals surface area (Å²) >= 11 is 0. The summed E-state index contributed by atoms with van der Waals surface area (Å²) in [6.07, 6.45) is 20.2. The summed E-state index contributed by atoms with van der Waals surface area (Å²) in [4.78, 5) is 0. The highest BCUT2D eigenvalue weighted by Gasteiger charge is 2.18. The molecule has 2 heteroatoms. The van der Waals surface area contributed by atoms with Crippen LogP contribution in [0.25, 0.3) is 78.3 Å². The van der Waals surface area contributed by atoms with Crippen molar-refractivity contribution in [3.63, 3.8) is 0 Å². The second-order valence-corrected chi connectivity index (χ2v) is 11.4. The summed E-state index contributed by atoms with van der Waals surface area (Å²) in [5, 5.41) is 5.01. The highest BCUT2D eigenvalue weighted by Crippen LogP contribution is 2.39. The van der Waals surface area contributed by atoms with E-state index in [1.54, 1.807) is 0 Å². The Morgan fingerprint density at radius 3 is 1.93 bits per heavy atom. The summed E-state index contributed by atoms with van der Waals surface area (Å²) in [6, 6.07) is 37.9. The summed E-state index contributed by atoms with van der Waals surface area (Å²) < 4.78 is 4.75. The van der Waals surface area contributed by atoms with Crippen molar-refractivity contribution in [1.82, 2.24) is 9.13 Å². The van der Waals surface area contributed by atoms with Crippen molar-refractivity contribution in [2.75, 3.05) is 0 Å². The highest BCUT2D eigenvalue weighted by molar-refractivity contribution is 6.13. The number of para-hydroxylation sites is 2. The second kappa shape index (κ2) is 9.88. The van der Waals surface area contributed by atoms with Crippen molar-refractivity contribution in [2.45, 2.75) is 6.42 Å². The van der Waals surface area contributed by atoms with E-state index in [2.05, 4.69) is 154 Å². The number of rotatable bonds is 3. The smallest absolute Gasteiger partial charge is 0.0890 e. The molecule has 0 N–H and O–H groups in total. The Morgan fingerprint density at radius 1 is 0.500 bits per heavy atom. The van der Waals surface area contributed by atoms with E-state index >= 15 is 0 Å². The van der Waals surface area contributed by atoms with Gasteiger partial charge in [0.25, 0.3) is 0 Å². The molecular formula is C42H28N2. The number of hydrogen-bond acceptors (Lipinski definition) is 0. The number of hydrogen-bond donors (Lipinski definition) is 0. The van der Waals surface area contributed by atoms with Crippen LogP contribution in [0.3, 0.4) is 0 Å². The molecule has 44 heavy (non-hydrogen) atoms. The standard InChI is InChI=1S/C42H28N2/c1-2-6-16-32(15-5-1)43-39-20-10-8-18-34(39)36-27-30(23-25-41(36)43)31-24-26-42-37(28-31)35-19-9-11-21-40(35)44(42)38-22-12-14-29-13-4-3-7-17-33(29)38/h1-2,4-15,17-28H,3H2. The van der Waals surface area contributed by atoms with Gasteiger partial charge in [-0.15, -0.1) is 0 Å². The Hall–Kier alpha value is -5.82. The van der Waals surface area contributed by atoms with Crippen LogP contribution in [0.15, 0.2) is 151 Å². The molecule has 2 aliphatic carbocycles. The molecule has 0 spiro atoms. The van der Waals surface area contributed by atoms with Crippen LogP contribution in [0.2, 0.25) is 0 Å². The molecule has 2 aliphatic rings. The maximum absolute atomic E-state index is 3.46. The van der Waals surface area contributed by atoms with Crippen LogP contribution in [0.1, 0.15) is 17.5 Å². The van der Waals surface area contributed by atoms with Crippen LogP contribution in [-0.4, -0.2) is 9.13 Å². The Morgan fingerprint density at radius 2 is 1.16 bits per heavy atom. The molecule has 0 bridgehead atoms. The molecule has 0 radical (unpaired) electrons. The molecule has 5 aromatic carbocycles. The summed E-state index contributed by atoms with van der Waals surface area (Å²) in [5.41, 5.74) is 15.5. The monoisotopic (exact) mass is 560 g/mol. The SMILES string of the molecule is C1=CC=CC=CC=1n1c2ccccc2c2cc(-c3ccc4c(c3)c3ccccc3n4-c3cccc4c3C=CCC=C4)ccc21. The normalized spacial score (nSPS) is 14.0. The van der Waals surface area contributed by atoms with E-state index in [1.165, 1.54) is 71.6 Å². The van der Waals surface area contributed by atoms with E-state index in [9.17, 15) is 0 Å². The Labute approximate surface area is 255 Å². The molecule has 7 aromatic rings. The van der Waals surface area contributed by atoms with Crippen LogP contribution >= 0.6 is 0 Å². The van der Waals surface area contributed by atoms with Gasteiger partial charge in [0.1, 0.15) is 0 Å². The minimum absolute atomic E-state index is 0.954. The Bertz CT molecular complexity index is 2500. The van der Waals surface area contributed by atoms with E-state index in [0.717, 1.165) is 12.1 Å². The van der Waals surface area contributed by atoms with Crippen molar-refractivity contribution in [2.24, 2.45) is 0 Å². The average molecular weight is 561 g/mol. The highest BCUT2D eigenvalue weighted by atomic mass is 15.0. The van der Waals surface area contributed by atoms with Gasteiger partial charge < -0.3 is 9.13 Å². The summed E-state index contributed by atoms with van der Waals surface area (Å²) in [7, 11) is 0. The molecule has 0 atom stereocenters. The Kier molecular flexibility index (Phi) is 5.56. The number of aromatic nitrogens is 2. The third-order valence-corrected chi connectivity index (χ3v) is 8.93. The van der Waals surface area contributed by atoms with E-state index in [4.69, 9.17) is 0 Å². The maximum atomic E-state index is 3.46. The van der Waals surface area contributed by atoms with E-state index in [1.807, 2.05) is 18.2 Å². The zero-order valence-electron chi connectivity index (χ0n) is 24.1. The summed E-state index contributed by atoms with van der Waals surface area (Å²) in [5.74, 6) is 0. The molecule has 9 rings (SSSR count). The first-order chi connectivity index (χ1) is 21.8. The van der Waals surface area contributed by atoms with Gasteiger partial charge >= 0.3 is 0 Å². The van der Waals surface area contributed by atoms with Crippen LogP contribution in [0.4, 0.5) is 0 Å². The lowest BCUT2D eigenvalue weighted by Crippen LogP contribution is -1.98. The molecule has 0 saturated carbocycles. The fourth-order valence-corrected chi connectivity index (χ4v) is 6.96. The lowest BCUT2D eigenvalue weighted by atomic mass is 10.0. The van der Waals surface area contributed by atoms with Gasteiger partial charge in [-0.05, 0) is 77.7 Å². The lowest BCUT2D eigenvalue weighted by Gasteiger charge is -2.14. The largest absolute Gasteiger partial charge is 0.309 e. The molecule has 2 aromatic heterocycles. The molecule has 0 amide bonds. The molecule has 0 fully saturated rings. The zero-order valence-corrected chi connectivity index (χ0v) is 24.1. The first-order valence-corrected chi connectivity index (χ1v) is 15.2. The van der Waals surface area contributed by atoms with Crippen LogP contribution in [0, 0.1) is 0 Å². The van der Waals surface area contributed by atoms with Crippen LogP contribution in [0.5, 0.6) is 0 Å². The van der Waals surface area contributed by atoms with Crippen molar-refractivity contribution >= 4 is 61.5 Å². The van der Waals surface area contributed by atoms with Crippen molar-refractivity contribution in [1.29, 1.82) is 0 Å². The fourth-order valence-electron chi connectivity index (χ4n) is 6.96. The second-order valence-electron chi connectivity index (χ2n) is 11.4. The maximum Gasteiger partial charge on any atom is 0.0890 e. The molecular weight excluding hydrogens is 532 g/mol. The number of nitrogens with zero attached hydrogens (tertiary/aromatic N) is 2. The third-order valence-electron chi connectivity index (χ3n) is 8.93. The molecule has 0 saturated heterocycles. The fraction of sp³-hybridized carbons (Fsp3) is 0.0238. The first-order valence-electron chi connectivity index (χ1n) is 15.2. The summed E-state index contributed by atoms with van der Waals surface area (Å²) in [6.45, 7) is 0. The topological polar surface area (TPSA) is 9.86 Å². The average Bonchev–Trinajstić information content (AvgIpc) is 3.27. The molecule has 206 valence electrons. The van der Waals surface area contributed by atoms with E-state index in [-0.39, 0.29) is 0 Å². The quantitative estimate of drug-likeness (QED) is 0.190. The van der Waals surface area contributed by atoms with E-state index < -0.39 is 0 Å². The number of fused-ring (bicyclic) bond motifs is 7. The van der Waals surface area contributed by atoms with E-state index in [0.29, 0.717) is 0 Å². The van der Waals surface area contributed by atoms with Crippen molar-refractivity contribution in [3.8, 4) is 16.8 Å². The number of allylic oxidation sites excluding steroid dienone is 7. The molecule has 2 nitrogen and oxygen atoms in total. The minimum Gasteiger partial charge on any atom is -0.309 e. The lowest BCUT2D eigenvalue weighted by molar-refractivity contribution is 1.17. The van der Waals surface area contributed by atoms with Gasteiger partial charge in [-0.25, -0.2) is 0 Å². The number of benzene rings is 5. The molecule has 0 aliphatic heterocycles. The van der Waals surface area contributed by atoms with Crippen molar-refractivity contribution in [3.05, 3.63) is 163 Å². The van der Waals surface area contributed by atoms with Gasteiger partial charge in [-0.1, -0.05) is 109 Å². The predicted molar refractivity (Wildman–Crippen MR) is 188 cm³/mol. The Balaban J connectivity index is 1.26. The van der Waals surface area contributed by atoms with Gasteiger partial charge in [-0.3, -0.25) is 0 Å². The van der Waals surface area contributed by atoms with Gasteiger partial charge in [-0.2, -0.15) is 0 Å². The zero-order chi connectivity index (χ0) is 29.0. The van der Waals surface area contributed by atoms with Gasteiger partial charge in [0.05, 0.1) is 33.5 Å². The van der Waals surface area contributed by atoms with Crippen LogP contribution < -0.4 is 0 Å². The first kappa shape index (κ1) is 24.7. The van der Waals surface area contributed by atoms with Gasteiger partial charge in [0, 0.05) is 27.1 Å². The predicted octanol–water partition coefficient (Wildman–Crippen LogP) is 11.1. The third kappa shape index (κ3) is 3.76. The minimum atomic E-state index is 0.954. The van der Waals surface area contributed by atoms with Crippen LogP contribution in [-0.2, 0) is 0 Å².